The number of halogens is 1. The van der Waals surface area contributed by atoms with Crippen LogP contribution < -0.4 is 25.4 Å². The molecule has 57 heavy (non-hydrogen) atoms. The van der Waals surface area contributed by atoms with Gasteiger partial charge in [-0.25, -0.2) is 0 Å². The molecule has 0 unspecified atom stereocenters. The lowest BCUT2D eigenvalue weighted by atomic mass is 9.93. The van der Waals surface area contributed by atoms with E-state index in [1.165, 1.54) is 13.1 Å². The summed E-state index contributed by atoms with van der Waals surface area (Å²) < 4.78 is 12.6. The number of benzene rings is 3. The van der Waals surface area contributed by atoms with Crippen LogP contribution in [0.15, 0.2) is 91.3 Å². The summed E-state index contributed by atoms with van der Waals surface area (Å²) in [5, 5.41) is 38.7. The number of carbonyl (C=O) groups excluding carboxylic acids is 1. The third kappa shape index (κ3) is 9.09. The van der Waals surface area contributed by atoms with Gasteiger partial charge >= 0.3 is 5.97 Å². The third-order valence-corrected chi connectivity index (χ3v) is 10.9. The number of pyridine rings is 2. The second-order valence-corrected chi connectivity index (χ2v) is 14.9. The Morgan fingerprint density at radius 1 is 1.00 bits per heavy atom. The molecule has 292 valence electrons. The third-order valence-electron chi connectivity index (χ3n) is 10.5. The summed E-state index contributed by atoms with van der Waals surface area (Å²) in [4.78, 5) is 32.1. The van der Waals surface area contributed by atoms with Crippen molar-refractivity contribution in [1.82, 2.24) is 25.9 Å². The second kappa shape index (κ2) is 17.5. The summed E-state index contributed by atoms with van der Waals surface area (Å²) in [6, 6.07) is 28.0. The number of hydrogen-bond donors (Lipinski definition) is 5. The summed E-state index contributed by atoms with van der Waals surface area (Å²) in [5.74, 6) is -0.535. The number of carboxylic acids is 1. The first kappa shape index (κ1) is 39.4. The van der Waals surface area contributed by atoms with E-state index in [1.54, 1.807) is 24.4 Å². The molecule has 1 aliphatic carbocycles. The average molecular weight is 787 g/mol. The number of aromatic nitrogens is 2. The van der Waals surface area contributed by atoms with E-state index in [4.69, 9.17) is 26.1 Å². The predicted octanol–water partition coefficient (Wildman–Crippen LogP) is 6.27. The maximum Gasteiger partial charge on any atom is 0.326 e. The zero-order valence-electron chi connectivity index (χ0n) is 31.4. The van der Waals surface area contributed by atoms with E-state index >= 15 is 0 Å². The van der Waals surface area contributed by atoms with Crippen molar-refractivity contribution in [3.8, 4) is 40.1 Å². The molecule has 5 N–H and O–H groups in total. The molecule has 12 nitrogen and oxygen atoms in total. The van der Waals surface area contributed by atoms with Crippen molar-refractivity contribution < 1.29 is 29.3 Å². The molecule has 0 spiro atoms. The summed E-state index contributed by atoms with van der Waals surface area (Å²) in [6.07, 6.45) is 5.71. The molecule has 0 radical (unpaired) electrons. The van der Waals surface area contributed by atoms with Gasteiger partial charge in [-0.2, -0.15) is 10.2 Å². The van der Waals surface area contributed by atoms with Gasteiger partial charge in [-0.3, -0.25) is 19.9 Å². The molecule has 3 heterocycles. The Morgan fingerprint density at radius 2 is 1.79 bits per heavy atom. The Bertz CT molecular complexity index is 2310. The molecule has 1 amide bonds. The predicted molar refractivity (Wildman–Crippen MR) is 214 cm³/mol. The van der Waals surface area contributed by atoms with E-state index in [2.05, 4.69) is 63.4 Å². The van der Waals surface area contributed by atoms with Crippen LogP contribution in [0, 0.1) is 11.3 Å². The highest BCUT2D eigenvalue weighted by atomic mass is 35.5. The Labute approximate surface area is 335 Å². The first-order valence-corrected chi connectivity index (χ1v) is 19.2. The number of fused-ring (bicyclic) bond motifs is 1. The lowest BCUT2D eigenvalue weighted by Gasteiger charge is -2.24. The summed E-state index contributed by atoms with van der Waals surface area (Å²) in [5.41, 5.74) is 7.30. The van der Waals surface area contributed by atoms with Gasteiger partial charge in [0.25, 0.3) is 0 Å². The fraction of sp³-hybridized carbons (Fsp3) is 0.295. The largest absolute Gasteiger partial charge is 0.480 e. The van der Waals surface area contributed by atoms with Gasteiger partial charge in [0.05, 0.1) is 17.2 Å². The maximum atomic E-state index is 11.8. The SMILES string of the molecule is C[C@@](CO)(NCc1ccc(O[C@H]2CCc3c(-c4cccc(-c5ccc(CNC[C@@H]6CCC(=O)N6)cc5)c4Cl)cccc32)nc1OCc1cncc(C#N)c1)C(=O)O. The van der Waals surface area contributed by atoms with Crippen molar-refractivity contribution in [3.05, 3.63) is 130 Å². The molecule has 2 aromatic heterocycles. The topological polar surface area (TPSA) is 179 Å². The van der Waals surface area contributed by atoms with Crippen molar-refractivity contribution >= 4 is 23.5 Å². The van der Waals surface area contributed by atoms with Crippen molar-refractivity contribution in [2.45, 2.75) is 70.0 Å². The fourth-order valence-electron chi connectivity index (χ4n) is 7.17. The molecule has 0 bridgehead atoms. The van der Waals surface area contributed by atoms with E-state index in [1.807, 2.05) is 24.3 Å². The van der Waals surface area contributed by atoms with E-state index < -0.39 is 18.1 Å². The number of ether oxygens (including phenoxy) is 2. The quantitative estimate of drug-likeness (QED) is 0.0761. The summed E-state index contributed by atoms with van der Waals surface area (Å²) >= 11 is 7.18. The smallest absolute Gasteiger partial charge is 0.326 e. The number of rotatable bonds is 16. The van der Waals surface area contributed by atoms with Crippen molar-refractivity contribution in [2.24, 2.45) is 0 Å². The molecule has 13 heteroatoms. The Balaban J connectivity index is 1.08. The van der Waals surface area contributed by atoms with Gasteiger partial charge in [-0.15, -0.1) is 0 Å². The highest BCUT2D eigenvalue weighted by molar-refractivity contribution is 6.36. The van der Waals surface area contributed by atoms with Crippen LogP contribution in [0.3, 0.4) is 0 Å². The van der Waals surface area contributed by atoms with Crippen molar-refractivity contribution in [3.63, 3.8) is 0 Å². The zero-order chi connectivity index (χ0) is 39.9. The maximum absolute atomic E-state index is 11.8. The molecule has 1 saturated heterocycles. The highest BCUT2D eigenvalue weighted by Crippen LogP contribution is 2.44. The number of amides is 1. The highest BCUT2D eigenvalue weighted by Gasteiger charge is 2.32. The minimum absolute atomic E-state index is 0.0433. The van der Waals surface area contributed by atoms with Gasteiger partial charge < -0.3 is 30.3 Å². The Morgan fingerprint density at radius 3 is 2.54 bits per heavy atom. The lowest BCUT2D eigenvalue weighted by Crippen LogP contribution is -2.52. The van der Waals surface area contributed by atoms with Gasteiger partial charge in [0, 0.05) is 72.8 Å². The summed E-state index contributed by atoms with van der Waals surface area (Å²) in [7, 11) is 0. The lowest BCUT2D eigenvalue weighted by molar-refractivity contribution is -0.146. The molecule has 0 saturated carbocycles. The Kier molecular flexibility index (Phi) is 12.1. The minimum Gasteiger partial charge on any atom is -0.480 e. The van der Waals surface area contributed by atoms with Crippen LogP contribution in [-0.2, 0) is 35.7 Å². The van der Waals surface area contributed by atoms with Crippen LogP contribution in [0.25, 0.3) is 22.3 Å². The molecule has 3 atom stereocenters. The zero-order valence-corrected chi connectivity index (χ0v) is 32.2. The van der Waals surface area contributed by atoms with Crippen LogP contribution >= 0.6 is 11.6 Å². The van der Waals surface area contributed by atoms with E-state index in [0.717, 1.165) is 58.3 Å². The molecule has 2 aliphatic rings. The van der Waals surface area contributed by atoms with Crippen molar-refractivity contribution in [1.29, 1.82) is 5.26 Å². The molecule has 1 fully saturated rings. The number of carboxylic acid groups (broad SMARTS) is 1. The number of hydrogen-bond acceptors (Lipinski definition) is 10. The molecular formula is C44H43ClN6O6. The van der Waals surface area contributed by atoms with Gasteiger partial charge in [-0.05, 0) is 66.1 Å². The first-order valence-electron chi connectivity index (χ1n) is 18.9. The van der Waals surface area contributed by atoms with Crippen LogP contribution in [0.2, 0.25) is 5.02 Å². The Hall–Kier alpha value is -5.84. The number of aliphatic carboxylic acids is 1. The minimum atomic E-state index is -1.58. The number of aliphatic hydroxyl groups excluding tert-OH is 1. The second-order valence-electron chi connectivity index (χ2n) is 14.6. The standard InChI is InChI=1S/C44H43ClN6O6/c1-44(26-52,43(54)55)49-23-31-12-17-40(51-42(31)56-25-29-18-28(19-46)21-47-22-29)57-38-15-14-35-34(5-3-6-36(35)38)37-7-2-4-33(41(37)45)30-10-8-27(9-11-30)20-48-24-32-13-16-39(53)50-32/h2-12,17-18,21-22,32,38,48-49,52H,13-16,20,23-26H2,1H3,(H,50,53)(H,54,55)/t32-,38-,44-/m0/s1. The molecular weight excluding hydrogens is 744 g/mol. The van der Waals surface area contributed by atoms with Crippen LogP contribution in [0.5, 0.6) is 11.8 Å². The van der Waals surface area contributed by atoms with Crippen LogP contribution in [-0.4, -0.2) is 56.8 Å². The van der Waals surface area contributed by atoms with E-state index in [0.29, 0.717) is 47.0 Å². The van der Waals surface area contributed by atoms with Crippen molar-refractivity contribution in [2.75, 3.05) is 13.2 Å². The normalized spacial score (nSPS) is 17.0. The number of nitriles is 1. The van der Waals surface area contributed by atoms with Gasteiger partial charge in [-0.1, -0.05) is 72.3 Å². The van der Waals surface area contributed by atoms with Gasteiger partial charge in [0.2, 0.25) is 17.7 Å². The van der Waals surface area contributed by atoms with Gasteiger partial charge in [0.15, 0.2) is 0 Å². The average Bonchev–Trinajstić information content (AvgIpc) is 3.85. The number of nitrogens with zero attached hydrogens (tertiary/aromatic N) is 3. The molecule has 1 aliphatic heterocycles. The fourth-order valence-corrected chi connectivity index (χ4v) is 7.51. The van der Waals surface area contributed by atoms with Crippen LogP contribution in [0.4, 0.5) is 0 Å². The van der Waals surface area contributed by atoms with Gasteiger partial charge in [0.1, 0.15) is 24.3 Å². The first-order chi connectivity index (χ1) is 27.6. The number of nitrogens with one attached hydrogen (secondary N) is 3. The monoisotopic (exact) mass is 786 g/mol. The number of carbonyl (C=O) groups is 2. The van der Waals surface area contributed by atoms with Crippen LogP contribution in [0.1, 0.15) is 65.7 Å². The van der Waals surface area contributed by atoms with E-state index in [-0.39, 0.29) is 37.1 Å². The summed E-state index contributed by atoms with van der Waals surface area (Å²) in [6.45, 7) is 2.33. The molecule has 7 rings (SSSR count). The molecule has 5 aromatic rings. The molecule has 3 aromatic carbocycles. The van der Waals surface area contributed by atoms with E-state index in [9.17, 15) is 25.1 Å². The number of aliphatic hydroxyl groups is 1.